The van der Waals surface area contributed by atoms with Gasteiger partial charge in [-0.05, 0) is 19.4 Å². The van der Waals surface area contributed by atoms with Gasteiger partial charge in [0, 0.05) is 10.0 Å². The molecule has 0 radical (unpaired) electrons. The van der Waals surface area contributed by atoms with Crippen LogP contribution in [0.2, 0.25) is 0 Å². The van der Waals surface area contributed by atoms with Gasteiger partial charge in [0.1, 0.15) is 5.54 Å². The van der Waals surface area contributed by atoms with Crippen LogP contribution in [0.4, 0.5) is 4.79 Å². The molecular formula is C13H14BrN3O2. The third-order valence-corrected chi connectivity index (χ3v) is 3.89. The Kier molecular flexibility index (Phi) is 3.71. The zero-order valence-electron chi connectivity index (χ0n) is 10.7. The van der Waals surface area contributed by atoms with Crippen molar-refractivity contribution in [2.45, 2.75) is 25.8 Å². The molecule has 1 aliphatic rings. The number of hydrogen-bond donors (Lipinski definition) is 1. The van der Waals surface area contributed by atoms with Crippen LogP contribution in [0, 0.1) is 0 Å². The second-order valence-corrected chi connectivity index (χ2v) is 5.35. The third kappa shape index (κ3) is 2.53. The summed E-state index contributed by atoms with van der Waals surface area (Å²) in [5, 5.41) is 7.50. The fraction of sp³-hybridized carbons (Fsp3) is 0.308. The van der Waals surface area contributed by atoms with Crippen LogP contribution in [0.25, 0.3) is 0 Å². The zero-order chi connectivity index (χ0) is 14.0. The summed E-state index contributed by atoms with van der Waals surface area (Å²) in [6.07, 6.45) is 2.02. The van der Waals surface area contributed by atoms with Crippen molar-refractivity contribution in [2.75, 3.05) is 0 Å². The van der Waals surface area contributed by atoms with Gasteiger partial charge in [-0.25, -0.2) is 4.79 Å². The second kappa shape index (κ2) is 5.13. The first-order valence-corrected chi connectivity index (χ1v) is 6.72. The smallest absolute Gasteiger partial charge is 0.322 e. The van der Waals surface area contributed by atoms with E-state index >= 15 is 0 Å². The lowest BCUT2D eigenvalue weighted by molar-refractivity contribution is -0.130. The molecule has 1 aromatic carbocycles. The average Bonchev–Trinajstić information content (AvgIpc) is 2.61. The summed E-state index contributed by atoms with van der Waals surface area (Å²) < 4.78 is 0.851. The average molecular weight is 324 g/mol. The van der Waals surface area contributed by atoms with Crippen LogP contribution in [0.1, 0.15) is 25.8 Å². The number of carbonyl (C=O) groups excluding carboxylic acids is 2. The molecule has 0 spiro atoms. The number of carbonyl (C=O) groups is 2. The van der Waals surface area contributed by atoms with Gasteiger partial charge in [-0.15, -0.1) is 5.01 Å². The molecule has 3 amide bonds. The largest absolute Gasteiger partial charge is 0.346 e. The summed E-state index contributed by atoms with van der Waals surface area (Å²) in [7, 11) is 0. The lowest BCUT2D eigenvalue weighted by atomic mass is 10.00. The predicted molar refractivity (Wildman–Crippen MR) is 75.8 cm³/mol. The fourth-order valence-electron chi connectivity index (χ4n) is 1.71. The number of nitrogens with zero attached hydrogens (tertiary/aromatic N) is 2. The van der Waals surface area contributed by atoms with E-state index in [0.717, 1.165) is 15.0 Å². The number of benzene rings is 1. The Labute approximate surface area is 119 Å². The topological polar surface area (TPSA) is 61.8 Å². The minimum absolute atomic E-state index is 0.330. The van der Waals surface area contributed by atoms with Crippen molar-refractivity contribution >= 4 is 34.1 Å². The molecule has 1 aliphatic heterocycles. The van der Waals surface area contributed by atoms with Gasteiger partial charge in [0.15, 0.2) is 0 Å². The number of halogens is 1. The number of hydrazone groups is 1. The lowest BCUT2D eigenvalue weighted by Gasteiger charge is -2.17. The highest BCUT2D eigenvalue weighted by atomic mass is 79.9. The molecule has 0 aromatic heterocycles. The van der Waals surface area contributed by atoms with Crippen LogP contribution in [0.5, 0.6) is 0 Å². The van der Waals surface area contributed by atoms with Gasteiger partial charge < -0.3 is 5.32 Å². The molecule has 0 unspecified atom stereocenters. The SMILES string of the molecule is CC[C@@]1(C)NC(=O)N(/N=C\c2ccccc2Br)C1=O. The Hall–Kier alpha value is -1.69. The lowest BCUT2D eigenvalue weighted by Crippen LogP contribution is -2.42. The van der Waals surface area contributed by atoms with Crippen molar-refractivity contribution in [3.8, 4) is 0 Å². The maximum atomic E-state index is 12.1. The normalized spacial score (nSPS) is 23.2. The molecule has 1 atom stereocenters. The number of nitrogens with one attached hydrogen (secondary N) is 1. The molecule has 0 aliphatic carbocycles. The highest BCUT2D eigenvalue weighted by molar-refractivity contribution is 9.10. The van der Waals surface area contributed by atoms with Gasteiger partial charge in [-0.3, -0.25) is 4.79 Å². The van der Waals surface area contributed by atoms with Gasteiger partial charge in [-0.2, -0.15) is 5.10 Å². The summed E-state index contributed by atoms with van der Waals surface area (Å²) in [6.45, 7) is 3.54. The number of amides is 3. The number of urea groups is 1. The zero-order valence-corrected chi connectivity index (χ0v) is 12.3. The molecule has 1 saturated heterocycles. The Balaban J connectivity index is 2.23. The number of imide groups is 1. The Morgan fingerprint density at radius 3 is 2.68 bits per heavy atom. The minimum atomic E-state index is -0.859. The molecule has 1 aromatic rings. The molecule has 6 heteroatoms. The van der Waals surface area contributed by atoms with Crippen molar-refractivity contribution in [1.29, 1.82) is 0 Å². The summed E-state index contributed by atoms with van der Waals surface area (Å²) in [6, 6.07) is 6.95. The Bertz CT molecular complexity index is 559. The van der Waals surface area contributed by atoms with E-state index in [9.17, 15) is 9.59 Å². The third-order valence-electron chi connectivity index (χ3n) is 3.16. The minimum Gasteiger partial charge on any atom is -0.322 e. The first kappa shape index (κ1) is 13.7. The van der Waals surface area contributed by atoms with Crippen molar-refractivity contribution in [1.82, 2.24) is 10.3 Å². The van der Waals surface area contributed by atoms with E-state index < -0.39 is 11.6 Å². The van der Waals surface area contributed by atoms with Gasteiger partial charge in [-0.1, -0.05) is 41.1 Å². The summed E-state index contributed by atoms with van der Waals surface area (Å²) in [5.74, 6) is -0.330. The molecule has 5 nitrogen and oxygen atoms in total. The maximum Gasteiger partial charge on any atom is 0.346 e. The van der Waals surface area contributed by atoms with E-state index in [1.54, 1.807) is 6.92 Å². The van der Waals surface area contributed by atoms with Crippen LogP contribution < -0.4 is 5.32 Å². The van der Waals surface area contributed by atoms with E-state index in [1.165, 1.54) is 6.21 Å². The Morgan fingerprint density at radius 1 is 1.42 bits per heavy atom. The van der Waals surface area contributed by atoms with E-state index in [1.807, 2.05) is 31.2 Å². The quantitative estimate of drug-likeness (QED) is 0.686. The molecule has 1 heterocycles. The van der Waals surface area contributed by atoms with Crippen LogP contribution in [-0.4, -0.2) is 28.7 Å². The monoisotopic (exact) mass is 323 g/mol. The van der Waals surface area contributed by atoms with Crippen LogP contribution in [0.3, 0.4) is 0 Å². The van der Waals surface area contributed by atoms with Crippen LogP contribution in [0.15, 0.2) is 33.8 Å². The molecule has 1 fully saturated rings. The summed E-state index contributed by atoms with van der Waals surface area (Å²) >= 11 is 3.38. The Morgan fingerprint density at radius 2 is 2.11 bits per heavy atom. The maximum absolute atomic E-state index is 12.1. The van der Waals surface area contributed by atoms with Gasteiger partial charge >= 0.3 is 6.03 Å². The van der Waals surface area contributed by atoms with Crippen molar-refractivity contribution in [3.05, 3.63) is 34.3 Å². The predicted octanol–water partition coefficient (Wildman–Crippen LogP) is 2.50. The van der Waals surface area contributed by atoms with Gasteiger partial charge in [0.2, 0.25) is 0 Å². The second-order valence-electron chi connectivity index (χ2n) is 4.50. The standard InChI is InChI=1S/C13H14BrN3O2/c1-3-13(2)11(18)17(12(19)16-13)15-8-9-6-4-5-7-10(9)14/h4-8H,3H2,1-2H3,(H,16,19)/b15-8-/t13-/m1/s1. The number of rotatable bonds is 3. The van der Waals surface area contributed by atoms with Crippen molar-refractivity contribution in [2.24, 2.45) is 5.10 Å². The molecule has 0 bridgehead atoms. The van der Waals surface area contributed by atoms with Crippen LogP contribution in [-0.2, 0) is 4.79 Å². The van der Waals surface area contributed by atoms with Gasteiger partial charge in [0.25, 0.3) is 5.91 Å². The molecule has 1 N–H and O–H groups in total. The van der Waals surface area contributed by atoms with Crippen molar-refractivity contribution < 1.29 is 9.59 Å². The highest BCUT2D eigenvalue weighted by Crippen LogP contribution is 2.21. The molecule has 0 saturated carbocycles. The van der Waals surface area contributed by atoms with E-state index in [0.29, 0.717) is 6.42 Å². The van der Waals surface area contributed by atoms with E-state index in [-0.39, 0.29) is 5.91 Å². The summed E-state index contributed by atoms with van der Waals surface area (Å²) in [4.78, 5) is 23.8. The fourth-order valence-corrected chi connectivity index (χ4v) is 2.10. The molecule has 100 valence electrons. The van der Waals surface area contributed by atoms with Crippen LogP contribution >= 0.6 is 15.9 Å². The van der Waals surface area contributed by atoms with Gasteiger partial charge in [0.05, 0.1) is 6.21 Å². The van der Waals surface area contributed by atoms with E-state index in [4.69, 9.17) is 0 Å². The summed E-state index contributed by atoms with van der Waals surface area (Å²) in [5.41, 5.74) is -0.0595. The molecule has 19 heavy (non-hydrogen) atoms. The molecule has 2 rings (SSSR count). The van der Waals surface area contributed by atoms with Crippen molar-refractivity contribution in [3.63, 3.8) is 0 Å². The highest BCUT2D eigenvalue weighted by Gasteiger charge is 2.46. The first-order valence-electron chi connectivity index (χ1n) is 5.93. The molecular weight excluding hydrogens is 310 g/mol. The van der Waals surface area contributed by atoms with E-state index in [2.05, 4.69) is 26.3 Å². The number of hydrogen-bond acceptors (Lipinski definition) is 3. The first-order chi connectivity index (χ1) is 8.98.